The lowest BCUT2D eigenvalue weighted by atomic mass is 10.2. The van der Waals surface area contributed by atoms with Crippen LogP contribution in [0.1, 0.15) is 21.3 Å². The zero-order chi connectivity index (χ0) is 15.4. The molecule has 0 aliphatic carbocycles. The minimum atomic E-state index is -0.115. The average Bonchev–Trinajstić information content (AvgIpc) is 3.18. The number of nitrogens with one attached hydrogen (secondary N) is 2. The third kappa shape index (κ3) is 3.35. The van der Waals surface area contributed by atoms with Crippen LogP contribution in [0.5, 0.6) is 0 Å². The van der Waals surface area contributed by atoms with Crippen molar-refractivity contribution in [1.29, 1.82) is 0 Å². The van der Waals surface area contributed by atoms with Crippen molar-refractivity contribution in [2.45, 2.75) is 13.5 Å². The monoisotopic (exact) mass is 313 g/mol. The van der Waals surface area contributed by atoms with Crippen LogP contribution in [0.4, 0.5) is 11.4 Å². The van der Waals surface area contributed by atoms with Gasteiger partial charge in [0.05, 0.1) is 29.0 Å². The van der Waals surface area contributed by atoms with Crippen LogP contribution in [0.3, 0.4) is 0 Å². The number of anilines is 2. The molecule has 22 heavy (non-hydrogen) atoms. The number of thiophene rings is 1. The van der Waals surface area contributed by atoms with Crippen molar-refractivity contribution in [2.24, 2.45) is 0 Å². The standard InChI is InChI=1S/C16H15N3O2S/c1-11-9-18-15(21-11)10-17-12-5-2-3-6-13(12)19-16(20)14-7-4-8-22-14/h2-9,17H,10H2,1H3,(H,19,20). The smallest absolute Gasteiger partial charge is 0.265 e. The van der Waals surface area contributed by atoms with Gasteiger partial charge in [-0.1, -0.05) is 18.2 Å². The number of hydrogen-bond acceptors (Lipinski definition) is 5. The van der Waals surface area contributed by atoms with Gasteiger partial charge in [0.25, 0.3) is 5.91 Å². The summed E-state index contributed by atoms with van der Waals surface area (Å²) in [4.78, 5) is 17.0. The molecule has 0 atom stereocenters. The van der Waals surface area contributed by atoms with Crippen LogP contribution in [-0.4, -0.2) is 10.9 Å². The number of aromatic nitrogens is 1. The van der Waals surface area contributed by atoms with Gasteiger partial charge in [-0.05, 0) is 30.5 Å². The lowest BCUT2D eigenvalue weighted by Gasteiger charge is -2.11. The summed E-state index contributed by atoms with van der Waals surface area (Å²) in [7, 11) is 0. The molecule has 0 aliphatic rings. The number of hydrogen-bond donors (Lipinski definition) is 2. The van der Waals surface area contributed by atoms with Crippen LogP contribution in [-0.2, 0) is 6.54 Å². The molecule has 0 saturated heterocycles. The van der Waals surface area contributed by atoms with Crippen LogP contribution < -0.4 is 10.6 Å². The Morgan fingerprint density at radius 1 is 1.23 bits per heavy atom. The van der Waals surface area contributed by atoms with Crippen molar-refractivity contribution >= 4 is 28.6 Å². The van der Waals surface area contributed by atoms with Crippen LogP contribution in [0.2, 0.25) is 0 Å². The highest BCUT2D eigenvalue weighted by molar-refractivity contribution is 7.12. The predicted molar refractivity (Wildman–Crippen MR) is 87.3 cm³/mol. The van der Waals surface area contributed by atoms with Gasteiger partial charge in [-0.25, -0.2) is 4.98 Å². The Morgan fingerprint density at radius 3 is 2.73 bits per heavy atom. The van der Waals surface area contributed by atoms with E-state index in [9.17, 15) is 4.79 Å². The molecule has 0 saturated carbocycles. The molecule has 1 aromatic carbocycles. The van der Waals surface area contributed by atoms with Crippen molar-refractivity contribution in [3.63, 3.8) is 0 Å². The predicted octanol–water partition coefficient (Wildman–Crippen LogP) is 3.91. The molecule has 5 nitrogen and oxygen atoms in total. The Morgan fingerprint density at radius 2 is 2.05 bits per heavy atom. The van der Waals surface area contributed by atoms with E-state index in [2.05, 4.69) is 15.6 Å². The van der Waals surface area contributed by atoms with E-state index in [1.807, 2.05) is 42.6 Å². The highest BCUT2D eigenvalue weighted by atomic mass is 32.1. The molecule has 1 amide bonds. The Balaban J connectivity index is 1.71. The van der Waals surface area contributed by atoms with Crippen molar-refractivity contribution in [3.05, 3.63) is 64.5 Å². The summed E-state index contributed by atoms with van der Waals surface area (Å²) in [6, 6.07) is 11.2. The molecule has 3 rings (SSSR count). The second kappa shape index (κ2) is 6.44. The van der Waals surface area contributed by atoms with Crippen LogP contribution in [0.15, 0.2) is 52.4 Å². The van der Waals surface area contributed by atoms with Gasteiger partial charge >= 0.3 is 0 Å². The first-order valence-corrected chi connectivity index (χ1v) is 7.69. The first-order chi connectivity index (χ1) is 10.7. The van der Waals surface area contributed by atoms with Gasteiger partial charge < -0.3 is 15.1 Å². The van der Waals surface area contributed by atoms with Crippen LogP contribution in [0.25, 0.3) is 0 Å². The number of carbonyl (C=O) groups is 1. The molecule has 2 aromatic heterocycles. The Hall–Kier alpha value is -2.60. The molecule has 2 N–H and O–H groups in total. The molecule has 0 aliphatic heterocycles. The molecular weight excluding hydrogens is 298 g/mol. The molecule has 6 heteroatoms. The van der Waals surface area contributed by atoms with Gasteiger partial charge in [-0.15, -0.1) is 11.3 Å². The number of rotatable bonds is 5. The van der Waals surface area contributed by atoms with E-state index in [4.69, 9.17) is 4.42 Å². The van der Waals surface area contributed by atoms with Crippen molar-refractivity contribution in [1.82, 2.24) is 4.98 Å². The van der Waals surface area contributed by atoms with Crippen LogP contribution in [0, 0.1) is 6.92 Å². The minimum Gasteiger partial charge on any atom is -0.444 e. The van der Waals surface area contributed by atoms with E-state index in [1.54, 1.807) is 12.3 Å². The Labute approximate surface area is 132 Å². The number of benzene rings is 1. The summed E-state index contributed by atoms with van der Waals surface area (Å²) in [5.74, 6) is 1.27. The normalized spacial score (nSPS) is 10.4. The second-order valence-electron chi connectivity index (χ2n) is 4.70. The molecule has 0 unspecified atom stereocenters. The van der Waals surface area contributed by atoms with Gasteiger partial charge in [-0.3, -0.25) is 4.79 Å². The van der Waals surface area contributed by atoms with Crippen molar-refractivity contribution < 1.29 is 9.21 Å². The van der Waals surface area contributed by atoms with Gasteiger partial charge in [0.2, 0.25) is 5.89 Å². The van der Waals surface area contributed by atoms with Gasteiger partial charge in [0.1, 0.15) is 5.76 Å². The number of carbonyl (C=O) groups excluding carboxylic acids is 1. The summed E-state index contributed by atoms with van der Waals surface area (Å²) in [6.07, 6.45) is 1.68. The lowest BCUT2D eigenvalue weighted by molar-refractivity contribution is 0.103. The molecule has 2 heterocycles. The second-order valence-corrected chi connectivity index (χ2v) is 5.64. The molecule has 3 aromatic rings. The first kappa shape index (κ1) is 14.3. The highest BCUT2D eigenvalue weighted by Gasteiger charge is 2.10. The Bertz CT molecular complexity index is 765. The number of nitrogens with zero attached hydrogens (tertiary/aromatic N) is 1. The number of aryl methyl sites for hydroxylation is 1. The number of amides is 1. The van der Waals surface area contributed by atoms with E-state index in [1.165, 1.54) is 11.3 Å². The third-order valence-corrected chi connectivity index (χ3v) is 3.89. The van der Waals surface area contributed by atoms with E-state index in [0.717, 1.165) is 17.1 Å². The molecule has 0 fully saturated rings. The fourth-order valence-electron chi connectivity index (χ4n) is 1.99. The third-order valence-electron chi connectivity index (χ3n) is 3.02. The number of para-hydroxylation sites is 2. The lowest BCUT2D eigenvalue weighted by Crippen LogP contribution is -2.12. The zero-order valence-corrected chi connectivity index (χ0v) is 12.8. The first-order valence-electron chi connectivity index (χ1n) is 6.81. The van der Waals surface area contributed by atoms with Gasteiger partial charge in [0, 0.05) is 0 Å². The minimum absolute atomic E-state index is 0.115. The molecule has 0 radical (unpaired) electrons. The average molecular weight is 313 g/mol. The molecule has 112 valence electrons. The quantitative estimate of drug-likeness (QED) is 0.749. The van der Waals surface area contributed by atoms with E-state index in [-0.39, 0.29) is 5.91 Å². The molecular formula is C16H15N3O2S. The number of oxazole rings is 1. The van der Waals surface area contributed by atoms with Crippen LogP contribution >= 0.6 is 11.3 Å². The summed E-state index contributed by atoms with van der Waals surface area (Å²) < 4.78 is 5.43. The maximum atomic E-state index is 12.1. The van der Waals surface area contributed by atoms with E-state index < -0.39 is 0 Å². The molecule has 0 bridgehead atoms. The topological polar surface area (TPSA) is 67.2 Å². The van der Waals surface area contributed by atoms with Gasteiger partial charge in [-0.2, -0.15) is 0 Å². The maximum absolute atomic E-state index is 12.1. The summed E-state index contributed by atoms with van der Waals surface area (Å²) in [6.45, 7) is 2.31. The highest BCUT2D eigenvalue weighted by Crippen LogP contribution is 2.23. The van der Waals surface area contributed by atoms with Crippen molar-refractivity contribution in [3.8, 4) is 0 Å². The summed E-state index contributed by atoms with van der Waals surface area (Å²) in [5, 5.41) is 8.02. The van der Waals surface area contributed by atoms with Crippen molar-refractivity contribution in [2.75, 3.05) is 10.6 Å². The molecule has 0 spiro atoms. The fraction of sp³-hybridized carbons (Fsp3) is 0.125. The van der Waals surface area contributed by atoms with E-state index >= 15 is 0 Å². The summed E-state index contributed by atoms with van der Waals surface area (Å²) >= 11 is 1.41. The SMILES string of the molecule is Cc1cnc(CNc2ccccc2NC(=O)c2cccs2)o1. The maximum Gasteiger partial charge on any atom is 0.265 e. The van der Waals surface area contributed by atoms with Gasteiger partial charge in [0.15, 0.2) is 0 Å². The zero-order valence-electron chi connectivity index (χ0n) is 12.0. The summed E-state index contributed by atoms with van der Waals surface area (Å²) in [5.41, 5.74) is 1.55. The Kier molecular flexibility index (Phi) is 4.20. The van der Waals surface area contributed by atoms with E-state index in [0.29, 0.717) is 17.3 Å². The largest absolute Gasteiger partial charge is 0.444 e. The fourth-order valence-corrected chi connectivity index (χ4v) is 2.61.